The molecule has 0 fully saturated rings. The minimum Gasteiger partial charge on any atom is -0.316 e. The molecule has 0 aliphatic rings. The molecule has 1 heterocycles. The summed E-state index contributed by atoms with van der Waals surface area (Å²) < 4.78 is 28.0. The fourth-order valence-corrected chi connectivity index (χ4v) is 5.70. The summed E-state index contributed by atoms with van der Waals surface area (Å²) in [7, 11) is -3.49. The van der Waals surface area contributed by atoms with Crippen LogP contribution in [0.25, 0.3) is 10.2 Å². The highest BCUT2D eigenvalue weighted by Gasteiger charge is 2.16. The molecule has 0 N–H and O–H groups in total. The molecule has 0 spiro atoms. The van der Waals surface area contributed by atoms with Crippen LogP contribution in [-0.2, 0) is 27.6 Å². The molecule has 2 aromatic carbocycles. The zero-order chi connectivity index (χ0) is 20.9. The lowest BCUT2D eigenvalue weighted by molar-refractivity contribution is -0.117. The van der Waals surface area contributed by atoms with E-state index in [0.29, 0.717) is 4.80 Å². The van der Waals surface area contributed by atoms with E-state index in [1.165, 1.54) is 16.9 Å². The van der Waals surface area contributed by atoms with Crippen molar-refractivity contribution in [3.63, 3.8) is 0 Å². The van der Waals surface area contributed by atoms with Crippen LogP contribution in [0.4, 0.5) is 0 Å². The summed E-state index contributed by atoms with van der Waals surface area (Å²) in [5.74, 6) is 0.254. The third-order valence-corrected chi connectivity index (χ3v) is 7.95. The van der Waals surface area contributed by atoms with E-state index in [1.54, 1.807) is 42.1 Å². The first-order valence-corrected chi connectivity index (χ1v) is 13.3. The molecule has 0 unspecified atom stereocenters. The van der Waals surface area contributed by atoms with Gasteiger partial charge in [0.15, 0.2) is 14.6 Å². The highest BCUT2D eigenvalue weighted by Crippen LogP contribution is 2.20. The quantitative estimate of drug-likeness (QED) is 0.524. The fraction of sp³-hybridized carbons (Fsp3) is 0.333. The Labute approximate surface area is 179 Å². The molecule has 0 radical (unpaired) electrons. The van der Waals surface area contributed by atoms with Gasteiger partial charge in [-0.15, -0.1) is 0 Å². The Bertz CT molecular complexity index is 1160. The maximum absolute atomic E-state index is 12.5. The standard InChI is InChI=1S/C21H24N2O3S3/c1-3-16-9-10-18-19(15-16)28-21(23(18)12-13-27-2)22-20(24)11-14-29(25,26)17-7-5-4-6-8-17/h4-10,15H,3,11-14H2,1-2H3. The first-order valence-electron chi connectivity index (χ1n) is 9.41. The van der Waals surface area contributed by atoms with Crippen molar-refractivity contribution < 1.29 is 13.2 Å². The molecule has 0 bridgehead atoms. The second kappa shape index (κ2) is 9.73. The van der Waals surface area contributed by atoms with Crippen molar-refractivity contribution in [2.45, 2.75) is 31.2 Å². The van der Waals surface area contributed by atoms with Crippen LogP contribution >= 0.6 is 23.1 Å². The van der Waals surface area contributed by atoms with Crippen LogP contribution in [0.3, 0.4) is 0 Å². The lowest BCUT2D eigenvalue weighted by atomic mass is 10.2. The summed E-state index contributed by atoms with van der Waals surface area (Å²) in [5, 5.41) is 0. The summed E-state index contributed by atoms with van der Waals surface area (Å²) >= 11 is 3.21. The second-order valence-corrected chi connectivity index (χ2v) is 10.7. The Morgan fingerprint density at radius 3 is 2.62 bits per heavy atom. The molecule has 154 valence electrons. The van der Waals surface area contributed by atoms with Gasteiger partial charge in [-0.25, -0.2) is 8.42 Å². The molecule has 0 aliphatic carbocycles. The summed E-state index contributed by atoms with van der Waals surface area (Å²) in [6.45, 7) is 2.86. The first kappa shape index (κ1) is 21.8. The van der Waals surface area contributed by atoms with Gasteiger partial charge in [0.1, 0.15) is 0 Å². The smallest absolute Gasteiger partial charge is 0.249 e. The van der Waals surface area contributed by atoms with E-state index in [4.69, 9.17) is 0 Å². The van der Waals surface area contributed by atoms with Gasteiger partial charge in [0.25, 0.3) is 0 Å². The zero-order valence-electron chi connectivity index (χ0n) is 16.5. The van der Waals surface area contributed by atoms with E-state index in [9.17, 15) is 13.2 Å². The number of carbonyl (C=O) groups excluding carboxylic acids is 1. The lowest BCUT2D eigenvalue weighted by Crippen LogP contribution is -2.19. The van der Waals surface area contributed by atoms with Crippen LogP contribution in [0.5, 0.6) is 0 Å². The molecule has 5 nitrogen and oxygen atoms in total. The highest BCUT2D eigenvalue weighted by molar-refractivity contribution is 7.98. The number of thiazole rings is 1. The molecule has 0 saturated heterocycles. The predicted molar refractivity (Wildman–Crippen MR) is 121 cm³/mol. The van der Waals surface area contributed by atoms with Crippen molar-refractivity contribution in [1.29, 1.82) is 0 Å². The Morgan fingerprint density at radius 2 is 1.93 bits per heavy atom. The SMILES string of the molecule is CCc1ccc2c(c1)sc(=NC(=O)CCS(=O)(=O)c1ccccc1)n2CCSC. The normalized spacial score (nSPS) is 12.6. The van der Waals surface area contributed by atoms with Crippen LogP contribution < -0.4 is 4.80 Å². The van der Waals surface area contributed by atoms with E-state index in [1.807, 2.05) is 6.26 Å². The van der Waals surface area contributed by atoms with Crippen LogP contribution in [-0.4, -0.2) is 36.7 Å². The zero-order valence-corrected chi connectivity index (χ0v) is 18.9. The number of thioether (sulfide) groups is 1. The minimum absolute atomic E-state index is 0.131. The molecule has 1 amide bonds. The van der Waals surface area contributed by atoms with Crippen LogP contribution in [0, 0.1) is 0 Å². The topological polar surface area (TPSA) is 68.5 Å². The first-order chi connectivity index (χ1) is 13.9. The number of benzene rings is 2. The van der Waals surface area contributed by atoms with Crippen LogP contribution in [0.1, 0.15) is 18.9 Å². The van der Waals surface area contributed by atoms with Crippen molar-refractivity contribution in [3.8, 4) is 0 Å². The van der Waals surface area contributed by atoms with Gasteiger partial charge in [0.05, 0.1) is 20.9 Å². The molecule has 29 heavy (non-hydrogen) atoms. The summed E-state index contributed by atoms with van der Waals surface area (Å²) in [5.41, 5.74) is 2.30. The number of aromatic nitrogens is 1. The fourth-order valence-electron chi connectivity index (χ4n) is 2.95. The number of hydrogen-bond donors (Lipinski definition) is 0. The van der Waals surface area contributed by atoms with E-state index in [2.05, 4.69) is 34.7 Å². The van der Waals surface area contributed by atoms with Gasteiger partial charge in [0.2, 0.25) is 5.91 Å². The van der Waals surface area contributed by atoms with Gasteiger partial charge < -0.3 is 4.57 Å². The Balaban J connectivity index is 1.87. The number of sulfone groups is 1. The molecular formula is C21H24N2O3S3. The van der Waals surface area contributed by atoms with Gasteiger partial charge in [-0.05, 0) is 42.5 Å². The van der Waals surface area contributed by atoms with E-state index in [-0.39, 0.29) is 17.1 Å². The monoisotopic (exact) mass is 448 g/mol. The third kappa shape index (κ3) is 5.38. The Morgan fingerprint density at radius 1 is 1.17 bits per heavy atom. The molecule has 8 heteroatoms. The maximum atomic E-state index is 12.5. The predicted octanol–water partition coefficient (Wildman–Crippen LogP) is 3.92. The number of rotatable bonds is 8. The van der Waals surface area contributed by atoms with E-state index in [0.717, 1.165) is 28.9 Å². The van der Waals surface area contributed by atoms with Crippen molar-refractivity contribution in [2.24, 2.45) is 4.99 Å². The summed E-state index contributed by atoms with van der Waals surface area (Å²) in [4.78, 5) is 17.6. The Kier molecular flexibility index (Phi) is 7.32. The number of aryl methyl sites for hydroxylation is 2. The third-order valence-electron chi connectivity index (χ3n) is 4.58. The van der Waals surface area contributed by atoms with Crippen molar-refractivity contribution in [1.82, 2.24) is 4.57 Å². The molecular weight excluding hydrogens is 424 g/mol. The van der Waals surface area contributed by atoms with Crippen molar-refractivity contribution in [3.05, 3.63) is 58.9 Å². The summed E-state index contributed by atoms with van der Waals surface area (Å²) in [6, 6.07) is 14.5. The average Bonchev–Trinajstić information content (AvgIpc) is 3.07. The molecule has 1 aromatic heterocycles. The second-order valence-electron chi connectivity index (χ2n) is 6.57. The Hall–Kier alpha value is -1.90. The number of carbonyl (C=O) groups is 1. The molecule has 0 atom stereocenters. The van der Waals surface area contributed by atoms with Crippen molar-refractivity contribution in [2.75, 3.05) is 17.8 Å². The number of fused-ring (bicyclic) bond motifs is 1. The number of hydrogen-bond acceptors (Lipinski definition) is 5. The van der Waals surface area contributed by atoms with Gasteiger partial charge >= 0.3 is 0 Å². The van der Waals surface area contributed by atoms with Gasteiger partial charge in [0, 0.05) is 18.7 Å². The minimum atomic E-state index is -3.49. The largest absolute Gasteiger partial charge is 0.316 e. The van der Waals surface area contributed by atoms with Gasteiger partial charge in [-0.2, -0.15) is 16.8 Å². The lowest BCUT2D eigenvalue weighted by Gasteiger charge is -2.05. The molecule has 3 rings (SSSR count). The molecule has 3 aromatic rings. The molecule has 0 aliphatic heterocycles. The molecule has 0 saturated carbocycles. The summed E-state index contributed by atoms with van der Waals surface area (Å²) in [6.07, 6.45) is 2.86. The average molecular weight is 449 g/mol. The number of nitrogens with zero attached hydrogens (tertiary/aromatic N) is 2. The van der Waals surface area contributed by atoms with Crippen molar-refractivity contribution >= 4 is 49.1 Å². The van der Waals surface area contributed by atoms with Crippen LogP contribution in [0.15, 0.2) is 58.4 Å². The number of amides is 1. The maximum Gasteiger partial charge on any atom is 0.249 e. The van der Waals surface area contributed by atoms with E-state index >= 15 is 0 Å². The van der Waals surface area contributed by atoms with E-state index < -0.39 is 15.7 Å². The van der Waals surface area contributed by atoms with Gasteiger partial charge in [-0.3, -0.25) is 4.79 Å². The van der Waals surface area contributed by atoms with Crippen LogP contribution in [0.2, 0.25) is 0 Å². The van der Waals surface area contributed by atoms with Gasteiger partial charge in [-0.1, -0.05) is 42.5 Å². The highest BCUT2D eigenvalue weighted by atomic mass is 32.2.